The molecule has 1 aliphatic carbocycles. The van der Waals surface area contributed by atoms with Crippen LogP contribution in [0.5, 0.6) is 0 Å². The number of carbonyl (C=O) groups is 1. The van der Waals surface area contributed by atoms with Crippen LogP contribution in [0.1, 0.15) is 53.4 Å². The van der Waals surface area contributed by atoms with Gasteiger partial charge >= 0.3 is 5.97 Å². The minimum Gasteiger partial charge on any atom is -1.00 e. The quantitative estimate of drug-likeness (QED) is 0.336. The van der Waals surface area contributed by atoms with E-state index < -0.39 is 0 Å². The summed E-state index contributed by atoms with van der Waals surface area (Å²) in [4.78, 5) is 15.3. The molecule has 0 bridgehead atoms. The predicted octanol–water partition coefficient (Wildman–Crippen LogP) is 2.75. The lowest BCUT2D eigenvalue weighted by Crippen LogP contribution is -3.00. The molecule has 5 heteroatoms. The van der Waals surface area contributed by atoms with Crippen LogP contribution >= 0.6 is 0 Å². The number of rotatable bonds is 5. The second-order valence-electron chi connectivity index (χ2n) is 9.42. The van der Waals surface area contributed by atoms with Crippen LogP contribution in [0.3, 0.4) is 0 Å². The molecular formula is C26H35IN2O2. The molecule has 4 rings (SSSR count). The van der Waals surface area contributed by atoms with Gasteiger partial charge in [-0.25, -0.2) is 14.3 Å². The van der Waals surface area contributed by atoms with Crippen molar-refractivity contribution in [2.24, 2.45) is 17.8 Å². The molecule has 0 amide bonds. The Bertz CT molecular complexity index is 979. The maximum atomic E-state index is 13.2. The lowest BCUT2D eigenvalue weighted by Gasteiger charge is -2.37. The lowest BCUT2D eigenvalue weighted by molar-refractivity contribution is -0.406. The second-order valence-corrected chi connectivity index (χ2v) is 9.42. The van der Waals surface area contributed by atoms with Gasteiger partial charge in [-0.15, -0.1) is 0 Å². The number of anilines is 1. The van der Waals surface area contributed by atoms with Gasteiger partial charge in [0.05, 0.1) is 12.4 Å². The smallest absolute Gasteiger partial charge is 0.348 e. The number of hydrogen-bond acceptors (Lipinski definition) is 3. The van der Waals surface area contributed by atoms with Crippen molar-refractivity contribution in [3.05, 3.63) is 36.4 Å². The van der Waals surface area contributed by atoms with E-state index in [0.29, 0.717) is 17.8 Å². The molecule has 31 heavy (non-hydrogen) atoms. The van der Waals surface area contributed by atoms with E-state index in [1.165, 1.54) is 22.9 Å². The molecule has 2 aromatic rings. The van der Waals surface area contributed by atoms with Crippen LogP contribution in [-0.2, 0) is 9.53 Å². The van der Waals surface area contributed by atoms with Gasteiger partial charge in [0.25, 0.3) is 5.84 Å². The van der Waals surface area contributed by atoms with Gasteiger partial charge in [0.1, 0.15) is 17.5 Å². The SMILES string of the molecule is CCC1=[N+](C)c2cccc3cccc(c23)N1CC(=O)O[C@@H]1C[C@H](C)CC[C@H]1C(C)C.[I-]. The first-order chi connectivity index (χ1) is 14.4. The van der Waals surface area contributed by atoms with Gasteiger partial charge in [-0.05, 0) is 48.1 Å². The van der Waals surface area contributed by atoms with Crippen molar-refractivity contribution in [1.82, 2.24) is 0 Å². The Kier molecular flexibility index (Phi) is 7.66. The molecule has 0 unspecified atom stereocenters. The predicted molar refractivity (Wildman–Crippen MR) is 124 cm³/mol. The average Bonchev–Trinajstić information content (AvgIpc) is 2.71. The van der Waals surface area contributed by atoms with E-state index in [1.807, 2.05) is 0 Å². The highest BCUT2D eigenvalue weighted by Gasteiger charge is 2.37. The molecule has 3 atom stereocenters. The fraction of sp³-hybridized carbons (Fsp3) is 0.538. The number of nitrogens with zero attached hydrogens (tertiary/aromatic N) is 2. The summed E-state index contributed by atoms with van der Waals surface area (Å²) in [6, 6.07) is 12.7. The van der Waals surface area contributed by atoms with Crippen molar-refractivity contribution in [1.29, 1.82) is 0 Å². The Morgan fingerprint density at radius 1 is 1.19 bits per heavy atom. The summed E-state index contributed by atoms with van der Waals surface area (Å²) < 4.78 is 8.36. The third kappa shape index (κ3) is 4.62. The molecule has 1 heterocycles. The minimum atomic E-state index is -0.115. The Morgan fingerprint density at radius 2 is 1.90 bits per heavy atom. The molecule has 1 saturated carbocycles. The number of amidine groups is 1. The Labute approximate surface area is 203 Å². The van der Waals surface area contributed by atoms with Gasteiger partial charge in [0, 0.05) is 6.42 Å². The Morgan fingerprint density at radius 3 is 2.58 bits per heavy atom. The monoisotopic (exact) mass is 534 g/mol. The molecule has 168 valence electrons. The van der Waals surface area contributed by atoms with E-state index in [0.717, 1.165) is 30.8 Å². The third-order valence-corrected chi connectivity index (χ3v) is 7.06. The maximum Gasteiger partial charge on any atom is 0.348 e. The molecule has 0 radical (unpaired) electrons. The zero-order valence-electron chi connectivity index (χ0n) is 19.4. The zero-order valence-corrected chi connectivity index (χ0v) is 21.6. The van der Waals surface area contributed by atoms with Gasteiger partial charge in [0.15, 0.2) is 6.54 Å². The van der Waals surface area contributed by atoms with E-state index in [2.05, 4.69) is 80.6 Å². The van der Waals surface area contributed by atoms with E-state index >= 15 is 0 Å². The lowest BCUT2D eigenvalue weighted by atomic mass is 9.75. The van der Waals surface area contributed by atoms with E-state index in [4.69, 9.17) is 4.74 Å². The van der Waals surface area contributed by atoms with Crippen LogP contribution in [0.15, 0.2) is 36.4 Å². The molecule has 1 aliphatic heterocycles. The number of hydrogen-bond donors (Lipinski definition) is 0. The van der Waals surface area contributed by atoms with Crippen molar-refractivity contribution < 1.29 is 38.1 Å². The summed E-state index contributed by atoms with van der Waals surface area (Å²) in [5.41, 5.74) is 2.30. The maximum absolute atomic E-state index is 13.2. The van der Waals surface area contributed by atoms with Crippen LogP contribution in [0.2, 0.25) is 0 Å². The highest BCUT2D eigenvalue weighted by atomic mass is 127. The van der Waals surface area contributed by atoms with Crippen LogP contribution < -0.4 is 28.9 Å². The second kappa shape index (κ2) is 9.88. The fourth-order valence-electron chi connectivity index (χ4n) is 5.46. The summed E-state index contributed by atoms with van der Waals surface area (Å²) in [5, 5.41) is 2.41. The molecule has 0 N–H and O–H groups in total. The molecule has 2 aliphatic rings. The standard InChI is InChI=1S/C26H35N2O2.HI/c1-6-24-27(5)21-11-7-9-19-10-8-12-22(26(19)21)28(24)16-25(29)30-23-15-18(4)13-14-20(23)17(2)3;/h7-12,17-18,20,23H,6,13-16H2,1-5H3;1H/q+1;/p-1/t18-,20+,23-;/m1./s1. The van der Waals surface area contributed by atoms with Gasteiger partial charge in [-0.1, -0.05) is 58.4 Å². The fourth-order valence-corrected chi connectivity index (χ4v) is 5.46. The topological polar surface area (TPSA) is 32.5 Å². The summed E-state index contributed by atoms with van der Waals surface area (Å²) in [7, 11) is 2.10. The number of carbonyl (C=O) groups excluding carboxylic acids is 1. The molecule has 2 aromatic carbocycles. The highest BCUT2D eigenvalue weighted by molar-refractivity contribution is 6.12. The average molecular weight is 534 g/mol. The van der Waals surface area contributed by atoms with Crippen LogP contribution in [0.25, 0.3) is 10.8 Å². The van der Waals surface area contributed by atoms with Crippen molar-refractivity contribution in [3.8, 4) is 0 Å². The minimum absolute atomic E-state index is 0. The molecule has 1 fully saturated rings. The normalized spacial score (nSPS) is 23.2. The van der Waals surface area contributed by atoms with Crippen LogP contribution in [0, 0.1) is 17.8 Å². The molecule has 4 nitrogen and oxygen atoms in total. The van der Waals surface area contributed by atoms with Crippen molar-refractivity contribution in [3.63, 3.8) is 0 Å². The Hall–Kier alpha value is -1.63. The van der Waals surface area contributed by atoms with E-state index in [9.17, 15) is 4.79 Å². The molecule has 0 saturated heterocycles. The summed E-state index contributed by atoms with van der Waals surface area (Å²) >= 11 is 0. The largest absolute Gasteiger partial charge is 1.00 e. The first-order valence-electron chi connectivity index (χ1n) is 11.5. The number of halogens is 1. The summed E-state index contributed by atoms with van der Waals surface area (Å²) in [5.74, 6) is 2.64. The first-order valence-corrected chi connectivity index (χ1v) is 11.5. The highest BCUT2D eigenvalue weighted by Crippen LogP contribution is 2.39. The third-order valence-electron chi connectivity index (χ3n) is 7.06. The van der Waals surface area contributed by atoms with Crippen molar-refractivity contribution >= 4 is 34.0 Å². The van der Waals surface area contributed by atoms with Crippen LogP contribution in [0.4, 0.5) is 11.4 Å². The molecule has 0 aromatic heterocycles. The van der Waals surface area contributed by atoms with E-state index in [-0.39, 0.29) is 42.6 Å². The van der Waals surface area contributed by atoms with Gasteiger partial charge in [-0.3, -0.25) is 0 Å². The number of ether oxygens (including phenoxy) is 1. The molecular weight excluding hydrogens is 499 g/mol. The van der Waals surface area contributed by atoms with Crippen molar-refractivity contribution in [2.75, 3.05) is 18.5 Å². The first kappa shape index (κ1) is 24.0. The molecule has 0 spiro atoms. The van der Waals surface area contributed by atoms with Gasteiger partial charge in [0.2, 0.25) is 0 Å². The van der Waals surface area contributed by atoms with Crippen LogP contribution in [-0.4, -0.2) is 36.1 Å². The zero-order chi connectivity index (χ0) is 21.4. The Balaban J connectivity index is 0.00000272. The van der Waals surface area contributed by atoms with Gasteiger partial charge < -0.3 is 28.7 Å². The van der Waals surface area contributed by atoms with Crippen molar-refractivity contribution in [2.45, 2.75) is 59.5 Å². The number of benzene rings is 2. The number of esters is 1. The van der Waals surface area contributed by atoms with E-state index in [1.54, 1.807) is 0 Å². The summed E-state index contributed by atoms with van der Waals surface area (Å²) in [6.07, 6.45) is 4.26. The summed E-state index contributed by atoms with van der Waals surface area (Å²) in [6.45, 7) is 9.19. The van der Waals surface area contributed by atoms with Gasteiger partial charge in [-0.2, -0.15) is 0 Å².